The summed E-state index contributed by atoms with van der Waals surface area (Å²) in [4.78, 5) is 23.7. The first-order chi connectivity index (χ1) is 11.6. The summed E-state index contributed by atoms with van der Waals surface area (Å²) in [6.07, 6.45) is 10.5. The Morgan fingerprint density at radius 2 is 1.46 bits per heavy atom. The lowest BCUT2D eigenvalue weighted by Gasteiger charge is -2.05. The van der Waals surface area contributed by atoms with Crippen molar-refractivity contribution in [3.05, 3.63) is 34.9 Å². The molecule has 1 rings (SSSR count). The summed E-state index contributed by atoms with van der Waals surface area (Å²) < 4.78 is 0. The fraction of sp³-hybridized carbons (Fsp3) is 0.600. The molecule has 0 bridgehead atoms. The van der Waals surface area contributed by atoms with Crippen LogP contribution in [0.15, 0.2) is 24.3 Å². The smallest absolute Gasteiger partial charge is 0.220 e. The third kappa shape index (κ3) is 9.71. The Hall–Kier alpha value is -1.35. The van der Waals surface area contributed by atoms with Gasteiger partial charge in [0, 0.05) is 30.0 Å². The molecule has 0 aliphatic heterocycles. The number of nitrogens with one attached hydrogen (secondary N) is 1. The van der Waals surface area contributed by atoms with Crippen molar-refractivity contribution in [2.24, 2.45) is 0 Å². The Kier molecular flexibility index (Phi) is 11.2. The van der Waals surface area contributed by atoms with Crippen LogP contribution in [0, 0.1) is 0 Å². The Morgan fingerprint density at radius 3 is 2.08 bits per heavy atom. The van der Waals surface area contributed by atoms with Crippen LogP contribution >= 0.6 is 11.6 Å². The normalized spacial score (nSPS) is 10.6. The average Bonchev–Trinajstić information content (AvgIpc) is 2.59. The molecule has 3 nitrogen and oxygen atoms in total. The molecule has 1 N–H and O–H groups in total. The summed E-state index contributed by atoms with van der Waals surface area (Å²) in [5.74, 6) is -0.0610. The zero-order valence-electron chi connectivity index (χ0n) is 14.8. The number of rotatable bonds is 13. The van der Waals surface area contributed by atoms with Crippen molar-refractivity contribution in [3.8, 4) is 0 Å². The molecule has 0 radical (unpaired) electrons. The molecule has 0 unspecified atom stereocenters. The van der Waals surface area contributed by atoms with Gasteiger partial charge in [-0.3, -0.25) is 9.59 Å². The first-order valence-electron chi connectivity index (χ1n) is 9.19. The number of halogens is 1. The van der Waals surface area contributed by atoms with Gasteiger partial charge in [-0.2, -0.15) is 0 Å². The lowest BCUT2D eigenvalue weighted by molar-refractivity contribution is -0.121. The number of carbonyl (C=O) groups is 2. The van der Waals surface area contributed by atoms with Gasteiger partial charge in [-0.05, 0) is 30.7 Å². The minimum Gasteiger partial charge on any atom is -0.356 e. The molecule has 0 heterocycles. The molecule has 0 aromatic heterocycles. The van der Waals surface area contributed by atoms with Crippen LogP contribution in [0.2, 0.25) is 5.02 Å². The first-order valence-corrected chi connectivity index (χ1v) is 9.56. The average molecular weight is 352 g/mol. The highest BCUT2D eigenvalue weighted by molar-refractivity contribution is 6.30. The van der Waals surface area contributed by atoms with Crippen molar-refractivity contribution in [1.29, 1.82) is 0 Å². The fourth-order valence-corrected chi connectivity index (χ4v) is 2.71. The van der Waals surface area contributed by atoms with E-state index in [0.29, 0.717) is 17.1 Å². The molecule has 0 aliphatic carbocycles. The van der Waals surface area contributed by atoms with E-state index in [1.807, 2.05) is 0 Å². The predicted octanol–water partition coefficient (Wildman–Crippen LogP) is 5.56. The number of carbonyl (C=O) groups excluding carboxylic acids is 2. The van der Waals surface area contributed by atoms with Crippen LogP contribution in [0.1, 0.15) is 81.5 Å². The zero-order valence-corrected chi connectivity index (χ0v) is 15.5. The van der Waals surface area contributed by atoms with Crippen molar-refractivity contribution >= 4 is 23.3 Å². The maximum Gasteiger partial charge on any atom is 0.220 e. The number of hydrogen-bond donors (Lipinski definition) is 1. The molecule has 0 saturated carbocycles. The largest absolute Gasteiger partial charge is 0.356 e. The second-order valence-corrected chi connectivity index (χ2v) is 6.69. The highest BCUT2D eigenvalue weighted by atomic mass is 35.5. The third-order valence-electron chi connectivity index (χ3n) is 4.10. The number of ketones is 1. The molecular formula is C20H30ClNO2. The summed E-state index contributed by atoms with van der Waals surface area (Å²) in [5, 5.41) is 3.50. The number of benzene rings is 1. The lowest BCUT2D eigenvalue weighted by atomic mass is 10.1. The van der Waals surface area contributed by atoms with Crippen LogP contribution < -0.4 is 5.32 Å². The van der Waals surface area contributed by atoms with Gasteiger partial charge in [-0.1, -0.05) is 63.5 Å². The topological polar surface area (TPSA) is 46.2 Å². The molecule has 0 atom stereocenters. The molecule has 0 saturated heterocycles. The predicted molar refractivity (Wildman–Crippen MR) is 101 cm³/mol. The number of hydrogen-bond acceptors (Lipinski definition) is 2. The van der Waals surface area contributed by atoms with E-state index < -0.39 is 0 Å². The van der Waals surface area contributed by atoms with Crippen LogP contribution in [0.25, 0.3) is 0 Å². The number of unbranched alkanes of at least 4 members (excludes halogenated alkanes) is 7. The highest BCUT2D eigenvalue weighted by Gasteiger charge is 2.08. The molecular weight excluding hydrogens is 322 g/mol. The van der Waals surface area contributed by atoms with Crippen molar-refractivity contribution in [2.45, 2.75) is 71.1 Å². The fourth-order valence-electron chi connectivity index (χ4n) is 2.58. The second kappa shape index (κ2) is 13.0. The maximum atomic E-state index is 12.0. The van der Waals surface area contributed by atoms with Crippen LogP contribution in [0.4, 0.5) is 0 Å². The SMILES string of the molecule is CCCCCCCCCCNC(=O)CCC(=O)c1ccc(Cl)cc1. The second-order valence-electron chi connectivity index (χ2n) is 6.25. The summed E-state index contributed by atoms with van der Waals surface area (Å²) in [6.45, 7) is 2.94. The van der Waals surface area contributed by atoms with Crippen molar-refractivity contribution in [3.63, 3.8) is 0 Å². The monoisotopic (exact) mass is 351 g/mol. The molecule has 1 aromatic carbocycles. The standard InChI is InChI=1S/C20H30ClNO2/c1-2-3-4-5-6-7-8-9-16-22-20(24)15-14-19(23)17-10-12-18(21)13-11-17/h10-13H,2-9,14-16H2,1H3,(H,22,24). The maximum absolute atomic E-state index is 12.0. The summed E-state index contributed by atoms with van der Waals surface area (Å²) in [5.41, 5.74) is 0.607. The summed E-state index contributed by atoms with van der Waals surface area (Å²) >= 11 is 5.79. The Labute approximate surface area is 151 Å². The summed E-state index contributed by atoms with van der Waals surface area (Å²) in [6, 6.07) is 6.78. The minimum atomic E-state index is -0.0414. The van der Waals surface area contributed by atoms with Gasteiger partial charge in [0.1, 0.15) is 0 Å². The van der Waals surface area contributed by atoms with Crippen LogP contribution in [-0.4, -0.2) is 18.2 Å². The van der Waals surface area contributed by atoms with Gasteiger partial charge < -0.3 is 5.32 Å². The van der Waals surface area contributed by atoms with E-state index >= 15 is 0 Å². The third-order valence-corrected chi connectivity index (χ3v) is 4.35. The van der Waals surface area contributed by atoms with E-state index in [0.717, 1.165) is 12.8 Å². The van der Waals surface area contributed by atoms with Gasteiger partial charge >= 0.3 is 0 Å². The van der Waals surface area contributed by atoms with E-state index in [1.165, 1.54) is 38.5 Å². The molecule has 1 aromatic rings. The Balaban J connectivity index is 2.02. The highest BCUT2D eigenvalue weighted by Crippen LogP contribution is 2.12. The number of Topliss-reactive ketones (excluding diaryl/α,β-unsaturated/α-hetero) is 1. The van der Waals surface area contributed by atoms with E-state index in [4.69, 9.17) is 11.6 Å². The first kappa shape index (κ1) is 20.7. The van der Waals surface area contributed by atoms with Gasteiger partial charge in [-0.25, -0.2) is 0 Å². The molecule has 1 amide bonds. The Morgan fingerprint density at radius 1 is 0.875 bits per heavy atom. The molecule has 0 spiro atoms. The van der Waals surface area contributed by atoms with Crippen molar-refractivity contribution in [1.82, 2.24) is 5.32 Å². The van der Waals surface area contributed by atoms with E-state index in [-0.39, 0.29) is 24.5 Å². The van der Waals surface area contributed by atoms with E-state index in [2.05, 4.69) is 12.2 Å². The van der Waals surface area contributed by atoms with E-state index in [9.17, 15) is 9.59 Å². The van der Waals surface area contributed by atoms with Crippen molar-refractivity contribution in [2.75, 3.05) is 6.54 Å². The molecule has 134 valence electrons. The minimum absolute atomic E-state index is 0.0195. The van der Waals surface area contributed by atoms with E-state index in [1.54, 1.807) is 24.3 Å². The Bertz CT molecular complexity index is 485. The number of amides is 1. The van der Waals surface area contributed by atoms with Crippen molar-refractivity contribution < 1.29 is 9.59 Å². The van der Waals surface area contributed by atoms with Gasteiger partial charge in [0.05, 0.1) is 0 Å². The molecule has 24 heavy (non-hydrogen) atoms. The van der Waals surface area contributed by atoms with Crippen LogP contribution in [0.3, 0.4) is 0 Å². The van der Waals surface area contributed by atoms with Gasteiger partial charge in [-0.15, -0.1) is 0 Å². The molecule has 4 heteroatoms. The van der Waals surface area contributed by atoms with Gasteiger partial charge in [0.2, 0.25) is 5.91 Å². The quantitative estimate of drug-likeness (QED) is 0.373. The summed E-state index contributed by atoms with van der Waals surface area (Å²) in [7, 11) is 0. The lowest BCUT2D eigenvalue weighted by Crippen LogP contribution is -2.24. The molecule has 0 aliphatic rings. The zero-order chi connectivity index (χ0) is 17.6. The van der Waals surface area contributed by atoms with Crippen LogP contribution in [0.5, 0.6) is 0 Å². The van der Waals surface area contributed by atoms with Crippen LogP contribution in [-0.2, 0) is 4.79 Å². The van der Waals surface area contributed by atoms with Gasteiger partial charge in [0.25, 0.3) is 0 Å². The van der Waals surface area contributed by atoms with Gasteiger partial charge in [0.15, 0.2) is 5.78 Å². The molecule has 0 fully saturated rings.